The van der Waals surface area contributed by atoms with Gasteiger partial charge in [0.2, 0.25) is 0 Å². The van der Waals surface area contributed by atoms with E-state index in [1.807, 2.05) is 13.8 Å². The third kappa shape index (κ3) is 5.89. The van der Waals surface area contributed by atoms with Crippen LogP contribution in [0.25, 0.3) is 0 Å². The Morgan fingerprint density at radius 1 is 1.32 bits per heavy atom. The molecule has 0 aliphatic heterocycles. The van der Waals surface area contributed by atoms with Crippen molar-refractivity contribution < 1.29 is 9.47 Å². The Bertz CT molecular complexity index is 441. The third-order valence-electron chi connectivity index (χ3n) is 3.10. The third-order valence-corrected chi connectivity index (χ3v) is 3.10. The Kier molecular flexibility index (Phi) is 6.05. The molecule has 0 fully saturated rings. The van der Waals surface area contributed by atoms with E-state index in [0.29, 0.717) is 25.4 Å². The lowest BCUT2D eigenvalue weighted by molar-refractivity contribution is -0.0103. The van der Waals surface area contributed by atoms with Crippen LogP contribution < -0.4 is 11.3 Å². The summed E-state index contributed by atoms with van der Waals surface area (Å²) in [5.41, 5.74) is 6.06. The van der Waals surface area contributed by atoms with E-state index in [-0.39, 0.29) is 11.2 Å². The number of nitrogens with zero attached hydrogens (tertiary/aromatic N) is 1. The van der Waals surface area contributed by atoms with Crippen molar-refractivity contribution in [2.45, 2.75) is 38.8 Å². The maximum Gasteiger partial charge on any atom is 0.250 e. The van der Waals surface area contributed by atoms with Crippen LogP contribution in [0.1, 0.15) is 26.7 Å². The Balaban J connectivity index is 2.21. The minimum absolute atomic E-state index is 0.0327. The standard InChI is InChI=1S/C14H24N2O3/c1-14(2,18-3)7-10-19-9-4-8-16-11-12(15)5-6-13(16)17/h5-6,11H,4,7-10,15H2,1-3H3. The Morgan fingerprint density at radius 2 is 2.05 bits per heavy atom. The van der Waals surface area contributed by atoms with E-state index >= 15 is 0 Å². The summed E-state index contributed by atoms with van der Waals surface area (Å²) >= 11 is 0. The number of pyridine rings is 1. The van der Waals surface area contributed by atoms with Crippen LogP contribution in [0.5, 0.6) is 0 Å². The van der Waals surface area contributed by atoms with Gasteiger partial charge in [0.15, 0.2) is 0 Å². The van der Waals surface area contributed by atoms with Gasteiger partial charge in [0.1, 0.15) is 0 Å². The first-order valence-corrected chi connectivity index (χ1v) is 6.53. The van der Waals surface area contributed by atoms with Crippen molar-refractivity contribution in [1.82, 2.24) is 4.57 Å². The Morgan fingerprint density at radius 3 is 2.74 bits per heavy atom. The smallest absolute Gasteiger partial charge is 0.250 e. The van der Waals surface area contributed by atoms with Crippen molar-refractivity contribution in [2.24, 2.45) is 0 Å². The molecule has 1 aromatic rings. The largest absolute Gasteiger partial charge is 0.398 e. The first kappa shape index (κ1) is 15.7. The van der Waals surface area contributed by atoms with E-state index in [2.05, 4.69) is 0 Å². The molecule has 1 rings (SSSR count). The summed E-state index contributed by atoms with van der Waals surface area (Å²) in [5, 5.41) is 0. The summed E-state index contributed by atoms with van der Waals surface area (Å²) in [6.45, 7) is 5.97. The monoisotopic (exact) mass is 268 g/mol. The van der Waals surface area contributed by atoms with Gasteiger partial charge in [-0.25, -0.2) is 0 Å². The van der Waals surface area contributed by atoms with Crippen LogP contribution in [0.3, 0.4) is 0 Å². The second-order valence-corrected chi connectivity index (χ2v) is 5.17. The van der Waals surface area contributed by atoms with E-state index in [9.17, 15) is 4.79 Å². The van der Waals surface area contributed by atoms with Crippen LogP contribution in [0.2, 0.25) is 0 Å². The molecule has 0 aromatic carbocycles. The molecule has 108 valence electrons. The number of nitrogen functional groups attached to an aromatic ring is 1. The van der Waals surface area contributed by atoms with Gasteiger partial charge >= 0.3 is 0 Å². The number of aryl methyl sites for hydroxylation is 1. The molecular formula is C14H24N2O3. The minimum atomic E-state index is -0.148. The van der Waals surface area contributed by atoms with E-state index in [0.717, 1.165) is 12.8 Å². The number of methoxy groups -OCH3 is 1. The minimum Gasteiger partial charge on any atom is -0.398 e. The molecule has 5 heteroatoms. The van der Waals surface area contributed by atoms with Gasteiger partial charge in [0, 0.05) is 44.8 Å². The summed E-state index contributed by atoms with van der Waals surface area (Å²) < 4.78 is 12.4. The normalized spacial score (nSPS) is 11.7. The van der Waals surface area contributed by atoms with Crippen LogP contribution in [-0.4, -0.2) is 30.5 Å². The van der Waals surface area contributed by atoms with Crippen molar-refractivity contribution >= 4 is 5.69 Å². The van der Waals surface area contributed by atoms with Crippen LogP contribution in [0, 0.1) is 0 Å². The van der Waals surface area contributed by atoms with Crippen LogP contribution >= 0.6 is 0 Å². The SMILES string of the molecule is COC(C)(C)CCOCCCn1cc(N)ccc1=O. The van der Waals surface area contributed by atoms with Gasteiger partial charge in [-0.3, -0.25) is 4.79 Å². The molecular weight excluding hydrogens is 244 g/mol. The molecule has 1 heterocycles. The van der Waals surface area contributed by atoms with Crippen LogP contribution in [0.4, 0.5) is 5.69 Å². The molecule has 0 aliphatic rings. The highest BCUT2D eigenvalue weighted by Crippen LogP contribution is 2.12. The zero-order valence-electron chi connectivity index (χ0n) is 12.0. The first-order chi connectivity index (χ1) is 8.94. The summed E-state index contributed by atoms with van der Waals surface area (Å²) in [6.07, 6.45) is 3.30. The zero-order valence-corrected chi connectivity index (χ0v) is 12.0. The average Bonchev–Trinajstić information content (AvgIpc) is 2.37. The number of nitrogens with two attached hydrogens (primary N) is 1. The number of aromatic nitrogens is 1. The van der Waals surface area contributed by atoms with Gasteiger partial charge in [-0.05, 0) is 32.8 Å². The quantitative estimate of drug-likeness (QED) is 0.728. The molecule has 0 aliphatic carbocycles. The van der Waals surface area contributed by atoms with Gasteiger partial charge in [-0.1, -0.05) is 0 Å². The maximum atomic E-state index is 11.5. The number of anilines is 1. The lowest BCUT2D eigenvalue weighted by atomic mass is 10.1. The van der Waals surface area contributed by atoms with E-state index in [4.69, 9.17) is 15.2 Å². The summed E-state index contributed by atoms with van der Waals surface area (Å²) in [6, 6.07) is 3.10. The van der Waals surface area contributed by atoms with Crippen molar-refractivity contribution in [2.75, 3.05) is 26.1 Å². The molecule has 0 unspecified atom stereocenters. The fourth-order valence-electron chi connectivity index (χ4n) is 1.58. The number of hydrogen-bond donors (Lipinski definition) is 1. The van der Waals surface area contributed by atoms with Crippen molar-refractivity contribution in [3.63, 3.8) is 0 Å². The van der Waals surface area contributed by atoms with Gasteiger partial charge in [0.25, 0.3) is 5.56 Å². The van der Waals surface area contributed by atoms with Gasteiger partial charge in [-0.15, -0.1) is 0 Å². The summed E-state index contributed by atoms with van der Waals surface area (Å²) in [5.74, 6) is 0. The highest BCUT2D eigenvalue weighted by molar-refractivity contribution is 5.33. The van der Waals surface area contributed by atoms with Gasteiger partial charge in [-0.2, -0.15) is 0 Å². The lowest BCUT2D eigenvalue weighted by Crippen LogP contribution is -2.24. The molecule has 5 nitrogen and oxygen atoms in total. The zero-order chi connectivity index (χ0) is 14.3. The van der Waals surface area contributed by atoms with E-state index < -0.39 is 0 Å². The highest BCUT2D eigenvalue weighted by atomic mass is 16.5. The van der Waals surface area contributed by atoms with Crippen LogP contribution in [0.15, 0.2) is 23.1 Å². The highest BCUT2D eigenvalue weighted by Gasteiger charge is 2.15. The average molecular weight is 268 g/mol. The lowest BCUT2D eigenvalue weighted by Gasteiger charge is -2.22. The Hall–Kier alpha value is -1.33. The molecule has 0 spiro atoms. The predicted molar refractivity (Wildman–Crippen MR) is 76.3 cm³/mol. The number of rotatable bonds is 8. The molecule has 0 saturated heterocycles. The Labute approximate surface area is 114 Å². The molecule has 0 bridgehead atoms. The number of hydrogen-bond acceptors (Lipinski definition) is 4. The molecule has 0 radical (unpaired) electrons. The second-order valence-electron chi connectivity index (χ2n) is 5.17. The second kappa shape index (κ2) is 7.31. The fraction of sp³-hybridized carbons (Fsp3) is 0.643. The van der Waals surface area contributed by atoms with E-state index in [1.54, 1.807) is 23.9 Å². The summed E-state index contributed by atoms with van der Waals surface area (Å²) in [4.78, 5) is 11.5. The van der Waals surface area contributed by atoms with Crippen LogP contribution in [-0.2, 0) is 16.0 Å². The number of ether oxygens (including phenoxy) is 2. The topological polar surface area (TPSA) is 66.5 Å². The fourth-order valence-corrected chi connectivity index (χ4v) is 1.58. The molecule has 19 heavy (non-hydrogen) atoms. The van der Waals surface area contributed by atoms with Crippen molar-refractivity contribution in [1.29, 1.82) is 0 Å². The molecule has 0 atom stereocenters. The van der Waals surface area contributed by atoms with Gasteiger partial charge in [0.05, 0.1) is 5.60 Å². The van der Waals surface area contributed by atoms with Crippen molar-refractivity contribution in [3.8, 4) is 0 Å². The molecule has 1 aromatic heterocycles. The molecule has 2 N–H and O–H groups in total. The van der Waals surface area contributed by atoms with E-state index in [1.165, 1.54) is 6.07 Å². The molecule has 0 amide bonds. The predicted octanol–water partition coefficient (Wildman–Crippen LogP) is 1.65. The van der Waals surface area contributed by atoms with Gasteiger partial charge < -0.3 is 19.8 Å². The summed E-state index contributed by atoms with van der Waals surface area (Å²) in [7, 11) is 1.70. The molecule has 0 saturated carbocycles. The first-order valence-electron chi connectivity index (χ1n) is 6.53. The van der Waals surface area contributed by atoms with Crippen molar-refractivity contribution in [3.05, 3.63) is 28.7 Å². The maximum absolute atomic E-state index is 11.5.